The molecule has 0 bridgehead atoms. The van der Waals surface area contributed by atoms with E-state index in [-0.39, 0.29) is 34.9 Å². The number of carbonyl (C=O) groups excluding carboxylic acids is 1. The van der Waals surface area contributed by atoms with E-state index in [1.807, 2.05) is 36.4 Å². The number of aromatic hydroxyl groups is 1. The van der Waals surface area contributed by atoms with Crippen LogP contribution in [0.5, 0.6) is 5.75 Å². The van der Waals surface area contributed by atoms with E-state index in [2.05, 4.69) is 6.92 Å². The van der Waals surface area contributed by atoms with E-state index in [1.165, 1.54) is 0 Å². The van der Waals surface area contributed by atoms with Gasteiger partial charge in [0.05, 0.1) is 39.1 Å². The average molecular weight is 537 g/mol. The van der Waals surface area contributed by atoms with Crippen molar-refractivity contribution in [3.63, 3.8) is 0 Å². The smallest absolute Gasteiger partial charge is 0.166 e. The van der Waals surface area contributed by atoms with Gasteiger partial charge < -0.3 is 24.4 Å². The lowest BCUT2D eigenvalue weighted by atomic mass is 9.51. The van der Waals surface area contributed by atoms with Gasteiger partial charge in [0.2, 0.25) is 0 Å². The van der Waals surface area contributed by atoms with Crippen LogP contribution in [-0.4, -0.2) is 55.1 Å². The molecule has 0 saturated heterocycles. The first-order valence-electron chi connectivity index (χ1n) is 14.8. The topological polar surface area (TPSA) is 85.2 Å². The molecular formula is C33H44O6. The Labute approximate surface area is 232 Å². The van der Waals surface area contributed by atoms with Crippen molar-refractivity contribution >= 4 is 5.78 Å². The lowest BCUT2D eigenvalue weighted by Crippen LogP contribution is -2.49. The Hall–Kier alpha value is -2.25. The van der Waals surface area contributed by atoms with Crippen molar-refractivity contribution in [1.29, 1.82) is 0 Å². The number of carbonyl (C=O) groups is 1. The van der Waals surface area contributed by atoms with Gasteiger partial charge in [-0.25, -0.2) is 0 Å². The number of rotatable bonds is 13. The van der Waals surface area contributed by atoms with Crippen LogP contribution in [0.4, 0.5) is 0 Å². The van der Waals surface area contributed by atoms with Crippen LogP contribution in [0.15, 0.2) is 48.5 Å². The van der Waals surface area contributed by atoms with E-state index in [0.29, 0.717) is 57.0 Å². The summed E-state index contributed by atoms with van der Waals surface area (Å²) in [5, 5.41) is 21.0. The molecule has 3 aliphatic rings. The number of phenols is 1. The van der Waals surface area contributed by atoms with Gasteiger partial charge in [-0.15, -0.1) is 0 Å². The molecule has 2 aromatic carbocycles. The molecule has 0 amide bonds. The van der Waals surface area contributed by atoms with Gasteiger partial charge in [-0.2, -0.15) is 0 Å². The maximum absolute atomic E-state index is 13.8. The van der Waals surface area contributed by atoms with Gasteiger partial charge in [-0.05, 0) is 85.0 Å². The second kappa shape index (κ2) is 12.9. The Balaban J connectivity index is 1.06. The molecular weight excluding hydrogens is 492 g/mol. The fraction of sp³-hybridized carbons (Fsp3) is 0.606. The lowest BCUT2D eigenvalue weighted by Gasteiger charge is -2.52. The number of unbranched alkanes of at least 4 members (excludes halogenated alkanes) is 1. The number of fused-ring (bicyclic) bond motifs is 5. The minimum Gasteiger partial charge on any atom is -0.508 e. The van der Waals surface area contributed by atoms with Crippen molar-refractivity contribution in [3.05, 3.63) is 65.2 Å². The number of ketones is 1. The highest BCUT2D eigenvalue weighted by Gasteiger charge is 2.58. The van der Waals surface area contributed by atoms with Crippen molar-refractivity contribution in [3.8, 4) is 5.75 Å². The predicted molar refractivity (Wildman–Crippen MR) is 150 cm³/mol. The Morgan fingerprint density at radius 3 is 2.44 bits per heavy atom. The third kappa shape index (κ3) is 6.25. The number of aliphatic hydroxyl groups excluding tert-OH is 1. The summed E-state index contributed by atoms with van der Waals surface area (Å²) in [6.45, 7) is 5.70. The quantitative estimate of drug-likeness (QED) is 0.310. The zero-order chi connectivity index (χ0) is 27.2. The summed E-state index contributed by atoms with van der Waals surface area (Å²) in [5.74, 6) is 1.25. The van der Waals surface area contributed by atoms with Crippen LogP contribution in [0.2, 0.25) is 0 Å². The summed E-state index contributed by atoms with van der Waals surface area (Å²) in [6.07, 6.45) is 6.21. The minimum atomic E-state index is -0.272. The minimum absolute atomic E-state index is 0.0570. The Kier molecular flexibility index (Phi) is 9.39. The maximum atomic E-state index is 13.8. The van der Waals surface area contributed by atoms with Gasteiger partial charge >= 0.3 is 0 Å². The highest BCUT2D eigenvalue weighted by molar-refractivity contribution is 6.01. The second-order valence-electron chi connectivity index (χ2n) is 11.9. The number of phenolic OH excluding ortho intramolecular Hbond substituents is 1. The van der Waals surface area contributed by atoms with Gasteiger partial charge in [0.1, 0.15) is 5.75 Å². The number of hydrogen-bond donors (Lipinski definition) is 2. The fourth-order valence-electron chi connectivity index (χ4n) is 7.64. The van der Waals surface area contributed by atoms with Gasteiger partial charge in [0, 0.05) is 18.1 Å². The van der Waals surface area contributed by atoms with E-state index in [0.717, 1.165) is 56.1 Å². The molecule has 3 aliphatic carbocycles. The Bertz CT molecular complexity index is 1090. The molecule has 39 heavy (non-hydrogen) atoms. The molecule has 2 saturated carbocycles. The summed E-state index contributed by atoms with van der Waals surface area (Å²) >= 11 is 0. The van der Waals surface area contributed by atoms with E-state index in [9.17, 15) is 15.0 Å². The highest BCUT2D eigenvalue weighted by atomic mass is 16.5. The number of benzene rings is 2. The number of ether oxygens (including phenoxy) is 3. The number of aliphatic hydroxyl groups is 1. The third-order valence-electron chi connectivity index (χ3n) is 9.70. The largest absolute Gasteiger partial charge is 0.508 e. The van der Waals surface area contributed by atoms with Gasteiger partial charge in [0.25, 0.3) is 0 Å². The molecule has 6 atom stereocenters. The van der Waals surface area contributed by atoms with Gasteiger partial charge in [-0.3, -0.25) is 4.79 Å². The van der Waals surface area contributed by atoms with E-state index < -0.39 is 0 Å². The monoisotopic (exact) mass is 536 g/mol. The zero-order valence-corrected chi connectivity index (χ0v) is 23.2. The summed E-state index contributed by atoms with van der Waals surface area (Å²) in [7, 11) is 0. The molecule has 0 aromatic heterocycles. The molecule has 5 rings (SSSR count). The summed E-state index contributed by atoms with van der Waals surface area (Å²) in [4.78, 5) is 13.8. The maximum Gasteiger partial charge on any atom is 0.166 e. The Morgan fingerprint density at radius 1 is 0.897 bits per heavy atom. The van der Waals surface area contributed by atoms with Crippen LogP contribution >= 0.6 is 0 Å². The third-order valence-corrected chi connectivity index (χ3v) is 9.70. The van der Waals surface area contributed by atoms with Crippen LogP contribution in [0, 0.1) is 23.2 Å². The first-order valence-corrected chi connectivity index (χ1v) is 14.8. The molecule has 212 valence electrons. The van der Waals surface area contributed by atoms with E-state index >= 15 is 0 Å². The van der Waals surface area contributed by atoms with Crippen molar-refractivity contribution in [2.45, 2.75) is 70.5 Å². The molecule has 6 nitrogen and oxygen atoms in total. The molecule has 6 heteroatoms. The predicted octanol–water partition coefficient (Wildman–Crippen LogP) is 5.90. The number of hydrogen-bond acceptors (Lipinski definition) is 6. The number of Topliss-reactive ketones (excluding diaryl/α,β-unsaturated/α-hetero) is 1. The van der Waals surface area contributed by atoms with Gasteiger partial charge in [0.15, 0.2) is 5.78 Å². The molecule has 0 aliphatic heterocycles. The van der Waals surface area contributed by atoms with Crippen LogP contribution in [0.1, 0.15) is 79.3 Å². The molecule has 2 N–H and O–H groups in total. The normalized spacial score (nSPS) is 29.6. The van der Waals surface area contributed by atoms with Crippen LogP contribution < -0.4 is 0 Å². The first kappa shape index (κ1) is 28.3. The molecule has 0 radical (unpaired) electrons. The SMILES string of the molecule is CC12CCC3c4ccc(O)cc4C(=O)C(CCCCOCCOCCOCc4ccccc4)C3C1CCC2O. The van der Waals surface area contributed by atoms with Crippen LogP contribution in [0.25, 0.3) is 0 Å². The molecule has 2 fully saturated rings. The summed E-state index contributed by atoms with van der Waals surface area (Å²) < 4.78 is 17.0. The summed E-state index contributed by atoms with van der Waals surface area (Å²) in [6, 6.07) is 15.5. The van der Waals surface area contributed by atoms with Crippen molar-refractivity contribution in [1.82, 2.24) is 0 Å². The van der Waals surface area contributed by atoms with Crippen molar-refractivity contribution < 1.29 is 29.2 Å². The summed E-state index contributed by atoms with van der Waals surface area (Å²) in [5.41, 5.74) is 2.89. The highest BCUT2D eigenvalue weighted by Crippen LogP contribution is 2.62. The average Bonchev–Trinajstić information content (AvgIpc) is 3.25. The first-order chi connectivity index (χ1) is 19.0. The van der Waals surface area contributed by atoms with Crippen molar-refractivity contribution in [2.75, 3.05) is 33.0 Å². The lowest BCUT2D eigenvalue weighted by molar-refractivity contribution is -0.0353. The van der Waals surface area contributed by atoms with Crippen LogP contribution in [0.3, 0.4) is 0 Å². The zero-order valence-electron chi connectivity index (χ0n) is 23.2. The van der Waals surface area contributed by atoms with Crippen molar-refractivity contribution in [2.24, 2.45) is 23.2 Å². The Morgan fingerprint density at radius 2 is 1.64 bits per heavy atom. The van der Waals surface area contributed by atoms with E-state index in [4.69, 9.17) is 14.2 Å². The standard InChI is InChI=1S/C33H44O6/c1-33-15-14-26-25-11-10-24(34)21-28(25)32(36)27(31(26)29(33)12-13-30(33)35)9-5-6-16-37-17-18-38-19-20-39-22-23-7-3-2-4-8-23/h2-4,7-8,10-11,21,26-27,29-31,34-35H,5-6,9,12-20,22H2,1H3. The molecule has 2 aromatic rings. The molecule has 6 unspecified atom stereocenters. The molecule has 0 spiro atoms. The van der Waals surface area contributed by atoms with Gasteiger partial charge in [-0.1, -0.05) is 49.7 Å². The van der Waals surface area contributed by atoms with E-state index in [1.54, 1.807) is 12.1 Å². The van der Waals surface area contributed by atoms with Crippen LogP contribution in [-0.2, 0) is 20.8 Å². The fourth-order valence-corrected chi connectivity index (χ4v) is 7.64. The molecule has 0 heterocycles. The second-order valence-corrected chi connectivity index (χ2v) is 11.9.